The summed E-state index contributed by atoms with van der Waals surface area (Å²) in [5.41, 5.74) is 0.500. The predicted molar refractivity (Wildman–Crippen MR) is 78.5 cm³/mol. The van der Waals surface area contributed by atoms with Gasteiger partial charge in [-0.05, 0) is 54.0 Å². The van der Waals surface area contributed by atoms with Crippen LogP contribution in [0.4, 0.5) is 0 Å². The minimum atomic E-state index is -0.833. The van der Waals surface area contributed by atoms with Crippen LogP contribution in [0.15, 0.2) is 0 Å². The van der Waals surface area contributed by atoms with Crippen molar-refractivity contribution in [2.45, 2.75) is 78.0 Å². The molecule has 1 aliphatic heterocycles. The minimum absolute atomic E-state index is 0.250. The van der Waals surface area contributed by atoms with Gasteiger partial charge in [-0.2, -0.15) is 0 Å². The van der Waals surface area contributed by atoms with Crippen LogP contribution in [-0.2, 0) is 9.53 Å². The predicted octanol–water partition coefficient (Wildman–Crippen LogP) is 3.16. The summed E-state index contributed by atoms with van der Waals surface area (Å²) in [5.74, 6) is -0.833. The second-order valence-electron chi connectivity index (χ2n) is 6.60. The number of ether oxygens (including phenoxy) is 1. The first-order valence-electron chi connectivity index (χ1n) is 7.08. The first-order chi connectivity index (χ1) is 8.53. The molecule has 0 atom stereocenters. The van der Waals surface area contributed by atoms with Gasteiger partial charge in [0.2, 0.25) is 0 Å². The van der Waals surface area contributed by atoms with Crippen molar-refractivity contribution in [2.24, 2.45) is 0 Å². The Balaban J connectivity index is 0.000000711. The summed E-state index contributed by atoms with van der Waals surface area (Å²) in [7, 11) is 2.23. The van der Waals surface area contributed by atoms with E-state index in [0.717, 1.165) is 32.8 Å². The van der Waals surface area contributed by atoms with Crippen LogP contribution in [0.3, 0.4) is 0 Å². The molecule has 1 aliphatic rings. The fourth-order valence-corrected chi connectivity index (χ4v) is 2.68. The Morgan fingerprint density at radius 3 is 1.95 bits per heavy atom. The van der Waals surface area contributed by atoms with E-state index in [2.05, 4.69) is 46.6 Å². The lowest BCUT2D eigenvalue weighted by molar-refractivity contribution is -0.134. The maximum absolute atomic E-state index is 9.00. The third-order valence-electron chi connectivity index (χ3n) is 3.83. The summed E-state index contributed by atoms with van der Waals surface area (Å²) >= 11 is 0. The van der Waals surface area contributed by atoms with Gasteiger partial charge in [0.05, 0.1) is 6.10 Å². The Kier molecular flexibility index (Phi) is 7.01. The number of likely N-dealkylation sites (tertiary alicyclic amines) is 1. The highest BCUT2D eigenvalue weighted by atomic mass is 16.5. The minimum Gasteiger partial charge on any atom is -0.481 e. The third-order valence-corrected chi connectivity index (χ3v) is 3.83. The summed E-state index contributed by atoms with van der Waals surface area (Å²) in [6.07, 6.45) is 3.85. The smallest absolute Gasteiger partial charge is 0.300 e. The summed E-state index contributed by atoms with van der Waals surface area (Å²) in [6, 6.07) is 0. The number of aliphatic carboxylic acids is 1. The summed E-state index contributed by atoms with van der Waals surface area (Å²) in [6.45, 7) is 13.4. The first-order valence-corrected chi connectivity index (χ1v) is 7.08. The Labute approximate surface area is 118 Å². The van der Waals surface area contributed by atoms with Gasteiger partial charge in [0, 0.05) is 24.6 Å². The molecule has 0 unspecified atom stereocenters. The molecule has 0 aromatic rings. The zero-order valence-corrected chi connectivity index (χ0v) is 13.6. The molecule has 1 N–H and O–H groups in total. The number of nitrogens with zero attached hydrogens (tertiary/aromatic N) is 1. The topological polar surface area (TPSA) is 49.8 Å². The molecular weight excluding hydrogens is 242 g/mol. The van der Waals surface area contributed by atoms with E-state index in [0.29, 0.717) is 6.10 Å². The van der Waals surface area contributed by atoms with Crippen molar-refractivity contribution in [3.05, 3.63) is 0 Å². The summed E-state index contributed by atoms with van der Waals surface area (Å²) < 4.78 is 5.93. The SMILES string of the molecule is CC(=O)O.CCCOC1CC(C)(C)N(C)C(C)(C)C1. The van der Waals surface area contributed by atoms with Gasteiger partial charge in [0.15, 0.2) is 0 Å². The molecule has 19 heavy (non-hydrogen) atoms. The summed E-state index contributed by atoms with van der Waals surface area (Å²) in [4.78, 5) is 11.5. The lowest BCUT2D eigenvalue weighted by Crippen LogP contribution is -2.60. The van der Waals surface area contributed by atoms with E-state index in [1.165, 1.54) is 0 Å². The molecule has 1 saturated heterocycles. The van der Waals surface area contributed by atoms with E-state index < -0.39 is 5.97 Å². The second-order valence-corrected chi connectivity index (χ2v) is 6.60. The fraction of sp³-hybridized carbons (Fsp3) is 0.933. The standard InChI is InChI=1S/C13H27NO.C2H4O2/c1-7-8-15-11-9-12(2,3)14(6)13(4,5)10-11;1-2(3)4/h11H,7-10H2,1-6H3;1H3,(H,3,4). The van der Waals surface area contributed by atoms with Crippen LogP contribution in [0.25, 0.3) is 0 Å². The molecule has 1 rings (SSSR count). The zero-order valence-electron chi connectivity index (χ0n) is 13.6. The molecule has 114 valence electrons. The molecule has 0 aliphatic carbocycles. The van der Waals surface area contributed by atoms with Gasteiger partial charge in [-0.15, -0.1) is 0 Å². The monoisotopic (exact) mass is 273 g/mol. The van der Waals surface area contributed by atoms with Crippen LogP contribution in [0.1, 0.15) is 60.8 Å². The maximum Gasteiger partial charge on any atom is 0.300 e. The average Bonchev–Trinajstić information content (AvgIpc) is 2.21. The summed E-state index contributed by atoms with van der Waals surface area (Å²) in [5, 5.41) is 7.42. The van der Waals surface area contributed by atoms with Crippen molar-refractivity contribution < 1.29 is 14.6 Å². The van der Waals surface area contributed by atoms with Crippen molar-refractivity contribution >= 4 is 5.97 Å². The molecule has 1 fully saturated rings. The number of carbonyl (C=O) groups is 1. The van der Waals surface area contributed by atoms with E-state index >= 15 is 0 Å². The average molecular weight is 273 g/mol. The molecule has 0 radical (unpaired) electrons. The van der Waals surface area contributed by atoms with Crippen molar-refractivity contribution in [3.8, 4) is 0 Å². The number of hydrogen-bond acceptors (Lipinski definition) is 3. The maximum atomic E-state index is 9.00. The zero-order chi connectivity index (χ0) is 15.3. The van der Waals surface area contributed by atoms with Gasteiger partial charge in [-0.1, -0.05) is 6.92 Å². The van der Waals surface area contributed by atoms with Crippen LogP contribution in [0, 0.1) is 0 Å². The Morgan fingerprint density at radius 1 is 1.26 bits per heavy atom. The van der Waals surface area contributed by atoms with Crippen molar-refractivity contribution in [1.82, 2.24) is 4.90 Å². The highest BCUT2D eigenvalue weighted by Gasteiger charge is 2.43. The Morgan fingerprint density at radius 2 is 1.63 bits per heavy atom. The van der Waals surface area contributed by atoms with Crippen LogP contribution < -0.4 is 0 Å². The van der Waals surface area contributed by atoms with E-state index in [9.17, 15) is 0 Å². The molecule has 0 bridgehead atoms. The highest BCUT2D eigenvalue weighted by Crippen LogP contribution is 2.37. The van der Waals surface area contributed by atoms with Crippen LogP contribution in [-0.4, -0.2) is 46.8 Å². The third kappa shape index (κ3) is 6.39. The molecule has 0 saturated carbocycles. The second kappa shape index (κ2) is 7.25. The van der Waals surface area contributed by atoms with Crippen molar-refractivity contribution in [1.29, 1.82) is 0 Å². The van der Waals surface area contributed by atoms with Crippen molar-refractivity contribution in [2.75, 3.05) is 13.7 Å². The molecule has 0 amide bonds. The van der Waals surface area contributed by atoms with Gasteiger partial charge in [0.1, 0.15) is 0 Å². The van der Waals surface area contributed by atoms with E-state index in [1.807, 2.05) is 0 Å². The van der Waals surface area contributed by atoms with Crippen molar-refractivity contribution in [3.63, 3.8) is 0 Å². The number of carboxylic acid groups (broad SMARTS) is 1. The Hall–Kier alpha value is -0.610. The lowest BCUT2D eigenvalue weighted by atomic mass is 9.79. The van der Waals surface area contributed by atoms with Gasteiger partial charge in [-0.25, -0.2) is 0 Å². The van der Waals surface area contributed by atoms with Crippen LogP contribution >= 0.6 is 0 Å². The number of rotatable bonds is 3. The molecule has 4 heteroatoms. The largest absolute Gasteiger partial charge is 0.481 e. The fourth-order valence-electron chi connectivity index (χ4n) is 2.68. The van der Waals surface area contributed by atoms with Gasteiger partial charge < -0.3 is 9.84 Å². The van der Waals surface area contributed by atoms with E-state index in [4.69, 9.17) is 14.6 Å². The lowest BCUT2D eigenvalue weighted by Gasteiger charge is -2.53. The Bertz CT molecular complexity index is 265. The number of piperidine rings is 1. The first kappa shape index (κ1) is 18.4. The van der Waals surface area contributed by atoms with E-state index in [-0.39, 0.29) is 11.1 Å². The molecule has 0 spiro atoms. The van der Waals surface area contributed by atoms with Gasteiger partial charge in [0.25, 0.3) is 5.97 Å². The normalized spacial score (nSPS) is 22.5. The number of carboxylic acids is 1. The van der Waals surface area contributed by atoms with Gasteiger partial charge >= 0.3 is 0 Å². The molecular formula is C15H31NO3. The quantitative estimate of drug-likeness (QED) is 0.858. The highest BCUT2D eigenvalue weighted by molar-refractivity contribution is 5.62. The molecule has 0 aromatic carbocycles. The number of hydrogen-bond donors (Lipinski definition) is 1. The molecule has 1 heterocycles. The van der Waals surface area contributed by atoms with E-state index in [1.54, 1.807) is 0 Å². The van der Waals surface area contributed by atoms with Gasteiger partial charge in [-0.3, -0.25) is 9.69 Å². The molecule has 0 aromatic heterocycles. The van der Waals surface area contributed by atoms with Crippen LogP contribution in [0.5, 0.6) is 0 Å². The van der Waals surface area contributed by atoms with Crippen LogP contribution in [0.2, 0.25) is 0 Å². The molecule has 4 nitrogen and oxygen atoms in total.